The van der Waals surface area contributed by atoms with E-state index in [1.165, 1.54) is 36.6 Å². The number of nitrogens with one attached hydrogen (secondary N) is 1. The van der Waals surface area contributed by atoms with Crippen molar-refractivity contribution in [3.8, 4) is 0 Å². The molecule has 1 aromatic heterocycles. The summed E-state index contributed by atoms with van der Waals surface area (Å²) in [7, 11) is -0.179. The highest BCUT2D eigenvalue weighted by Crippen LogP contribution is 2.58. The average Bonchev–Trinajstić information content (AvgIpc) is 3.02. The molecular weight excluding hydrogens is 272 g/mol. The minimum Gasteiger partial charge on any atom is -0.197 e. The molecule has 3 rings (SSSR count). The largest absolute Gasteiger partial charge is 0.197 e. The van der Waals surface area contributed by atoms with Crippen LogP contribution in [0.5, 0.6) is 0 Å². The van der Waals surface area contributed by atoms with Crippen molar-refractivity contribution in [1.82, 2.24) is 15.4 Å². The number of aromatic amines is 1. The van der Waals surface area contributed by atoms with E-state index < -0.39 is 0 Å². The van der Waals surface area contributed by atoms with Gasteiger partial charge in [-0.1, -0.05) is 27.7 Å². The number of nitrogens with zero attached hydrogens (tertiary/aromatic N) is 2. The fourth-order valence-corrected chi connectivity index (χ4v) is 10.5. The molecule has 2 fully saturated rings. The molecule has 0 saturated carbocycles. The molecule has 0 spiro atoms. The van der Waals surface area contributed by atoms with Crippen LogP contribution in [-0.4, -0.2) is 38.0 Å². The Labute approximate surface area is 118 Å². The van der Waals surface area contributed by atoms with E-state index in [2.05, 4.69) is 43.1 Å². The predicted molar refractivity (Wildman–Crippen MR) is 85.8 cm³/mol. The van der Waals surface area contributed by atoms with Gasteiger partial charge in [-0.25, -0.2) is 0 Å². The van der Waals surface area contributed by atoms with Gasteiger partial charge >= 0.3 is 0 Å². The Morgan fingerprint density at radius 2 is 1.05 bits per heavy atom. The maximum Gasteiger partial charge on any atom is 0.113 e. The molecule has 0 aromatic carbocycles. The van der Waals surface area contributed by atoms with Gasteiger partial charge in [0.05, 0.1) is 0 Å². The van der Waals surface area contributed by atoms with Crippen molar-refractivity contribution in [2.24, 2.45) is 0 Å². The fourth-order valence-electron chi connectivity index (χ4n) is 3.79. The molecule has 0 bridgehead atoms. The van der Waals surface area contributed by atoms with E-state index in [0.717, 1.165) is 22.6 Å². The summed E-state index contributed by atoms with van der Waals surface area (Å²) in [5, 5.41) is 12.2. The second-order valence-corrected chi connectivity index (χ2v) is 12.3. The van der Waals surface area contributed by atoms with Crippen LogP contribution in [0.1, 0.15) is 53.4 Å². The molecule has 2 aliphatic heterocycles. The average molecular weight is 297 g/mol. The lowest BCUT2D eigenvalue weighted by Gasteiger charge is -2.24. The monoisotopic (exact) mass is 297 g/mol. The van der Waals surface area contributed by atoms with E-state index in [0.29, 0.717) is 0 Å². The summed E-state index contributed by atoms with van der Waals surface area (Å²) >= 11 is 0. The molecule has 0 aliphatic carbocycles. The van der Waals surface area contributed by atoms with Crippen molar-refractivity contribution in [1.29, 1.82) is 0 Å². The summed E-state index contributed by atoms with van der Waals surface area (Å²) < 4.78 is 0. The highest BCUT2D eigenvalue weighted by molar-refractivity contribution is 7.73. The second-order valence-electron chi connectivity index (χ2n) is 6.34. The van der Waals surface area contributed by atoms with Gasteiger partial charge in [-0.05, 0) is 64.2 Å². The zero-order chi connectivity index (χ0) is 13.6. The molecule has 0 amide bonds. The molecule has 19 heavy (non-hydrogen) atoms. The van der Waals surface area contributed by atoms with Gasteiger partial charge < -0.3 is 0 Å². The molecule has 5 heteroatoms. The van der Waals surface area contributed by atoms with Gasteiger partial charge in [-0.3, -0.25) is 0 Å². The lowest BCUT2D eigenvalue weighted by atomic mass is 10.2. The summed E-state index contributed by atoms with van der Waals surface area (Å²) in [6.07, 6.45) is 5.51. The Morgan fingerprint density at radius 3 is 1.37 bits per heavy atom. The maximum atomic E-state index is 4.62. The summed E-state index contributed by atoms with van der Waals surface area (Å²) in [4.78, 5) is 0. The van der Waals surface area contributed by atoms with Crippen LogP contribution in [-0.2, 0) is 0 Å². The van der Waals surface area contributed by atoms with Gasteiger partial charge in [0.25, 0.3) is 0 Å². The van der Waals surface area contributed by atoms with Gasteiger partial charge in [0, 0.05) is 0 Å². The zero-order valence-corrected chi connectivity index (χ0v) is 14.2. The van der Waals surface area contributed by atoms with Crippen LogP contribution in [0.15, 0.2) is 0 Å². The Kier molecular flexibility index (Phi) is 3.98. The first-order valence-corrected chi connectivity index (χ1v) is 10.5. The third-order valence-electron chi connectivity index (χ3n) is 4.90. The van der Waals surface area contributed by atoms with Crippen molar-refractivity contribution in [2.45, 2.75) is 76.0 Å². The highest BCUT2D eigenvalue weighted by atomic mass is 31.1. The van der Waals surface area contributed by atoms with E-state index in [-0.39, 0.29) is 15.8 Å². The van der Waals surface area contributed by atoms with Crippen LogP contribution in [0, 0.1) is 0 Å². The van der Waals surface area contributed by atoms with E-state index >= 15 is 0 Å². The number of hydrogen-bond acceptors (Lipinski definition) is 2. The van der Waals surface area contributed by atoms with Crippen LogP contribution >= 0.6 is 15.8 Å². The quantitative estimate of drug-likeness (QED) is 0.852. The van der Waals surface area contributed by atoms with E-state index in [1.807, 2.05) is 0 Å². The summed E-state index contributed by atoms with van der Waals surface area (Å²) in [5.74, 6) is 0. The van der Waals surface area contributed by atoms with E-state index in [4.69, 9.17) is 0 Å². The van der Waals surface area contributed by atoms with E-state index in [1.54, 1.807) is 0 Å². The van der Waals surface area contributed by atoms with Gasteiger partial charge in [0.15, 0.2) is 0 Å². The lowest BCUT2D eigenvalue weighted by Crippen LogP contribution is -2.29. The SMILES string of the molecule is CC1CCC(C)P1c1n[nH]nc1P1C(C)CCC1C. The van der Waals surface area contributed by atoms with Crippen LogP contribution in [0.4, 0.5) is 0 Å². The van der Waals surface area contributed by atoms with Crippen molar-refractivity contribution < 1.29 is 0 Å². The highest BCUT2D eigenvalue weighted by Gasteiger charge is 2.40. The Morgan fingerprint density at radius 1 is 0.737 bits per heavy atom. The standard InChI is InChI=1S/C14H25N3P2/c1-9-5-6-10(2)18(9)13-14(16-17-15-13)19-11(3)7-8-12(19)4/h9-12H,5-8H2,1-4H3,(H,15,16,17). The fraction of sp³-hybridized carbons (Fsp3) is 0.857. The lowest BCUT2D eigenvalue weighted by molar-refractivity contribution is 0.777. The molecule has 2 aliphatic rings. The minimum absolute atomic E-state index is 0.0893. The molecule has 3 heterocycles. The molecule has 2 saturated heterocycles. The third-order valence-corrected chi connectivity index (χ3v) is 11.5. The topological polar surface area (TPSA) is 41.6 Å². The van der Waals surface area contributed by atoms with Crippen LogP contribution in [0.2, 0.25) is 0 Å². The van der Waals surface area contributed by atoms with Gasteiger partial charge in [-0.2, -0.15) is 15.4 Å². The molecule has 1 aromatic rings. The van der Waals surface area contributed by atoms with Gasteiger partial charge in [0.1, 0.15) is 10.9 Å². The van der Waals surface area contributed by atoms with Crippen LogP contribution < -0.4 is 10.9 Å². The normalized spacial score (nSPS) is 42.9. The Balaban J connectivity index is 1.94. The summed E-state index contributed by atoms with van der Waals surface area (Å²) in [6, 6.07) is 0. The van der Waals surface area contributed by atoms with Crippen LogP contribution in [0.25, 0.3) is 0 Å². The molecule has 106 valence electrons. The first kappa shape index (κ1) is 14.0. The number of H-pyrrole nitrogens is 1. The van der Waals surface area contributed by atoms with Crippen molar-refractivity contribution in [2.75, 3.05) is 0 Å². The number of hydrogen-bond donors (Lipinski definition) is 1. The molecule has 0 radical (unpaired) electrons. The van der Waals surface area contributed by atoms with Gasteiger partial charge in [0.2, 0.25) is 0 Å². The molecule has 1 N–H and O–H groups in total. The minimum atomic E-state index is -0.0893. The smallest absolute Gasteiger partial charge is 0.113 e. The third kappa shape index (κ3) is 2.38. The van der Waals surface area contributed by atoms with Crippen molar-refractivity contribution in [3.05, 3.63) is 0 Å². The summed E-state index contributed by atoms with van der Waals surface area (Å²) in [5.41, 5.74) is 6.10. The molecule has 4 atom stereocenters. The second kappa shape index (κ2) is 5.41. The van der Waals surface area contributed by atoms with Gasteiger partial charge in [-0.15, -0.1) is 0 Å². The van der Waals surface area contributed by atoms with Crippen molar-refractivity contribution >= 4 is 26.7 Å². The predicted octanol–water partition coefficient (Wildman–Crippen LogP) is 3.16. The first-order chi connectivity index (χ1) is 9.09. The molecule has 3 nitrogen and oxygen atoms in total. The Hall–Kier alpha value is -0.0000000000000000555. The van der Waals surface area contributed by atoms with Crippen LogP contribution in [0.3, 0.4) is 0 Å². The van der Waals surface area contributed by atoms with E-state index in [9.17, 15) is 0 Å². The molecular formula is C14H25N3P2. The molecule has 4 unspecified atom stereocenters. The first-order valence-electron chi connectivity index (χ1n) is 7.57. The maximum absolute atomic E-state index is 4.62. The zero-order valence-electron chi connectivity index (χ0n) is 12.4. The Bertz CT molecular complexity index is 389. The number of aromatic nitrogens is 3. The summed E-state index contributed by atoms with van der Waals surface area (Å²) in [6.45, 7) is 9.68. The van der Waals surface area contributed by atoms with Crippen molar-refractivity contribution in [3.63, 3.8) is 0 Å². The number of rotatable bonds is 2.